The molecule has 0 bridgehead atoms. The maximum absolute atomic E-state index is 5.05. The largest absolute Gasteiger partial charge is 0.340 e. The van der Waals surface area contributed by atoms with Gasteiger partial charge in [-0.2, -0.15) is 5.10 Å². The molecular formula is C29H33N7. The Labute approximate surface area is 212 Å². The van der Waals surface area contributed by atoms with Gasteiger partial charge in [0.1, 0.15) is 5.84 Å². The van der Waals surface area contributed by atoms with Crippen LogP contribution in [0, 0.1) is 0 Å². The topological polar surface area (TPSA) is 80.7 Å². The maximum Gasteiger partial charge on any atom is 0.132 e. The standard InChI is InChI=1S/C29H33N7/c1-30-28-18-31-17-27(28)29(35-25-9-7-21(8-10-25)24-15-33-34-16-24)32-14-20-5-6-23-19-36(26-3-2-4-26)12-11-22(23)13-20/h5-10,13,15-16,26,31H,1-4,11-12,14,17-19H2,(H,32,35)(H,33,34). The summed E-state index contributed by atoms with van der Waals surface area (Å²) in [4.78, 5) is 12.0. The molecule has 7 nitrogen and oxygen atoms in total. The maximum atomic E-state index is 5.05. The number of hydrogen-bond donors (Lipinski definition) is 3. The Morgan fingerprint density at radius 3 is 2.72 bits per heavy atom. The number of aromatic nitrogens is 2. The van der Waals surface area contributed by atoms with Crippen molar-refractivity contribution in [1.29, 1.82) is 0 Å². The van der Waals surface area contributed by atoms with E-state index < -0.39 is 0 Å². The van der Waals surface area contributed by atoms with Crippen LogP contribution in [0.2, 0.25) is 0 Å². The number of fused-ring (bicyclic) bond motifs is 1. The third-order valence-electron chi connectivity index (χ3n) is 7.72. The van der Waals surface area contributed by atoms with Gasteiger partial charge in [0.15, 0.2) is 0 Å². The molecule has 0 saturated heterocycles. The molecule has 1 aromatic heterocycles. The van der Waals surface area contributed by atoms with Gasteiger partial charge in [-0.15, -0.1) is 0 Å². The molecule has 0 amide bonds. The van der Waals surface area contributed by atoms with Crippen LogP contribution in [-0.2, 0) is 19.5 Å². The van der Waals surface area contributed by atoms with Gasteiger partial charge < -0.3 is 10.6 Å². The minimum absolute atomic E-state index is 0.628. The molecule has 2 aliphatic heterocycles. The van der Waals surface area contributed by atoms with Crippen molar-refractivity contribution < 1.29 is 0 Å². The predicted molar refractivity (Wildman–Crippen MR) is 146 cm³/mol. The third-order valence-corrected chi connectivity index (χ3v) is 7.72. The molecule has 1 fully saturated rings. The highest BCUT2D eigenvalue weighted by Gasteiger charge is 2.27. The molecule has 0 atom stereocenters. The van der Waals surface area contributed by atoms with E-state index in [-0.39, 0.29) is 0 Å². The van der Waals surface area contributed by atoms with E-state index in [9.17, 15) is 0 Å². The molecular weight excluding hydrogens is 446 g/mol. The Kier molecular flexibility index (Phi) is 6.49. The van der Waals surface area contributed by atoms with Crippen molar-refractivity contribution in [1.82, 2.24) is 20.4 Å². The molecule has 0 spiro atoms. The van der Waals surface area contributed by atoms with Crippen LogP contribution in [0.4, 0.5) is 5.69 Å². The van der Waals surface area contributed by atoms with E-state index in [1.165, 1.54) is 42.5 Å². The van der Waals surface area contributed by atoms with Crippen LogP contribution >= 0.6 is 0 Å². The number of H-pyrrole nitrogens is 1. The van der Waals surface area contributed by atoms with E-state index in [2.05, 4.69) is 79.9 Å². The van der Waals surface area contributed by atoms with Crippen molar-refractivity contribution in [2.24, 2.45) is 9.98 Å². The highest BCUT2D eigenvalue weighted by molar-refractivity contribution is 6.09. The van der Waals surface area contributed by atoms with Gasteiger partial charge in [0.05, 0.1) is 18.4 Å². The van der Waals surface area contributed by atoms with E-state index >= 15 is 0 Å². The summed E-state index contributed by atoms with van der Waals surface area (Å²) in [6, 6.07) is 16.1. The lowest BCUT2D eigenvalue weighted by atomic mass is 9.88. The van der Waals surface area contributed by atoms with Gasteiger partial charge in [-0.3, -0.25) is 20.0 Å². The van der Waals surface area contributed by atoms with Crippen LogP contribution in [0.15, 0.2) is 76.1 Å². The molecule has 3 heterocycles. The zero-order valence-corrected chi connectivity index (χ0v) is 20.6. The number of amidine groups is 1. The summed E-state index contributed by atoms with van der Waals surface area (Å²) >= 11 is 0. The van der Waals surface area contributed by atoms with Crippen molar-refractivity contribution in [2.75, 3.05) is 25.0 Å². The second-order valence-electron chi connectivity index (χ2n) is 9.95. The molecule has 2 aromatic carbocycles. The van der Waals surface area contributed by atoms with Crippen LogP contribution in [0.5, 0.6) is 0 Å². The van der Waals surface area contributed by atoms with Crippen molar-refractivity contribution >= 4 is 18.2 Å². The predicted octanol–water partition coefficient (Wildman–Crippen LogP) is 4.56. The fraction of sp³-hybridized carbons (Fsp3) is 0.345. The monoisotopic (exact) mass is 479 g/mol. The molecule has 7 heteroatoms. The minimum atomic E-state index is 0.628. The number of nitrogens with zero attached hydrogens (tertiary/aromatic N) is 4. The minimum Gasteiger partial charge on any atom is -0.340 e. The number of anilines is 1. The summed E-state index contributed by atoms with van der Waals surface area (Å²) in [5.74, 6) is 0.854. The van der Waals surface area contributed by atoms with Gasteiger partial charge in [-0.1, -0.05) is 36.8 Å². The van der Waals surface area contributed by atoms with E-state index in [0.717, 1.165) is 66.0 Å². The third kappa shape index (κ3) is 4.76. The molecule has 184 valence electrons. The number of benzene rings is 2. The average Bonchev–Trinajstić information content (AvgIpc) is 3.58. The first-order valence-corrected chi connectivity index (χ1v) is 12.9. The van der Waals surface area contributed by atoms with E-state index in [4.69, 9.17) is 4.99 Å². The van der Waals surface area contributed by atoms with Crippen LogP contribution in [0.25, 0.3) is 11.1 Å². The SMILES string of the molecule is C=NC1=C(C(=NCc2ccc3c(c2)CCN(C2CCC2)C3)Nc2ccc(-c3cn[nH]c3)cc2)CNC1. The quantitative estimate of drug-likeness (QED) is 0.343. The molecule has 3 aromatic rings. The Balaban J connectivity index is 1.21. The van der Waals surface area contributed by atoms with Crippen molar-refractivity contribution in [3.05, 3.63) is 82.8 Å². The number of aliphatic imine (C=N–C) groups is 2. The second kappa shape index (κ2) is 10.2. The van der Waals surface area contributed by atoms with E-state index in [1.54, 1.807) is 0 Å². The van der Waals surface area contributed by atoms with Crippen LogP contribution in [0.3, 0.4) is 0 Å². The molecule has 6 rings (SSSR count). The van der Waals surface area contributed by atoms with Gasteiger partial charge in [-0.25, -0.2) is 0 Å². The highest BCUT2D eigenvalue weighted by atomic mass is 15.2. The first kappa shape index (κ1) is 22.9. The average molecular weight is 480 g/mol. The lowest BCUT2D eigenvalue weighted by Gasteiger charge is -2.40. The molecule has 3 aliphatic rings. The number of rotatable bonds is 7. The Bertz CT molecular complexity index is 1280. The van der Waals surface area contributed by atoms with Crippen LogP contribution < -0.4 is 10.6 Å². The zero-order chi connectivity index (χ0) is 24.3. The summed E-state index contributed by atoms with van der Waals surface area (Å²) < 4.78 is 0. The van der Waals surface area contributed by atoms with Crippen molar-refractivity contribution in [3.8, 4) is 11.1 Å². The fourth-order valence-corrected chi connectivity index (χ4v) is 5.35. The first-order chi connectivity index (χ1) is 17.8. The Hall–Kier alpha value is -3.55. The Morgan fingerprint density at radius 2 is 1.97 bits per heavy atom. The normalized spacial score (nSPS) is 18.7. The van der Waals surface area contributed by atoms with Gasteiger partial charge in [0.25, 0.3) is 0 Å². The lowest BCUT2D eigenvalue weighted by Crippen LogP contribution is -2.43. The molecule has 1 aliphatic carbocycles. The Morgan fingerprint density at radius 1 is 1.08 bits per heavy atom. The fourth-order valence-electron chi connectivity index (χ4n) is 5.35. The van der Waals surface area contributed by atoms with Gasteiger partial charge in [0, 0.05) is 55.2 Å². The molecule has 1 saturated carbocycles. The molecule has 0 unspecified atom stereocenters. The van der Waals surface area contributed by atoms with Crippen molar-refractivity contribution in [3.63, 3.8) is 0 Å². The van der Waals surface area contributed by atoms with Gasteiger partial charge in [-0.05, 0) is 60.4 Å². The second-order valence-corrected chi connectivity index (χ2v) is 9.95. The summed E-state index contributed by atoms with van der Waals surface area (Å²) in [5.41, 5.74) is 9.43. The molecule has 3 N–H and O–H groups in total. The summed E-state index contributed by atoms with van der Waals surface area (Å²) in [6.07, 6.45) is 9.00. The summed E-state index contributed by atoms with van der Waals surface area (Å²) in [6.45, 7) is 8.13. The van der Waals surface area contributed by atoms with E-state index in [1.807, 2.05) is 12.4 Å². The van der Waals surface area contributed by atoms with E-state index in [0.29, 0.717) is 6.54 Å². The zero-order valence-electron chi connectivity index (χ0n) is 20.6. The van der Waals surface area contributed by atoms with Crippen molar-refractivity contribution in [2.45, 2.75) is 44.8 Å². The molecule has 36 heavy (non-hydrogen) atoms. The first-order valence-electron chi connectivity index (χ1n) is 12.9. The van der Waals surface area contributed by atoms with Gasteiger partial charge >= 0.3 is 0 Å². The molecule has 0 radical (unpaired) electrons. The lowest BCUT2D eigenvalue weighted by molar-refractivity contribution is 0.113. The number of hydrogen-bond acceptors (Lipinski definition) is 5. The van der Waals surface area contributed by atoms with Crippen LogP contribution in [0.1, 0.15) is 36.0 Å². The van der Waals surface area contributed by atoms with Gasteiger partial charge in [0.2, 0.25) is 0 Å². The smallest absolute Gasteiger partial charge is 0.132 e. The highest BCUT2D eigenvalue weighted by Crippen LogP contribution is 2.30. The summed E-state index contributed by atoms with van der Waals surface area (Å²) in [5, 5.41) is 13.9. The van der Waals surface area contributed by atoms with Crippen LogP contribution in [-0.4, -0.2) is 53.3 Å². The number of aromatic amines is 1. The summed E-state index contributed by atoms with van der Waals surface area (Å²) in [7, 11) is 0. The number of nitrogens with one attached hydrogen (secondary N) is 3.